The van der Waals surface area contributed by atoms with Gasteiger partial charge in [-0.25, -0.2) is 0 Å². The quantitative estimate of drug-likeness (QED) is 0.908. The topological polar surface area (TPSA) is 51.2 Å². The lowest BCUT2D eigenvalue weighted by molar-refractivity contribution is 0.0930. The Balaban J connectivity index is 2.10. The summed E-state index contributed by atoms with van der Waals surface area (Å²) in [5, 5.41) is 2.99. The van der Waals surface area contributed by atoms with Crippen molar-refractivity contribution in [2.45, 2.75) is 19.4 Å². The van der Waals surface area contributed by atoms with E-state index in [0.717, 1.165) is 17.7 Å². The van der Waals surface area contributed by atoms with Gasteiger partial charge in [0.15, 0.2) is 0 Å². The molecule has 0 saturated heterocycles. The van der Waals surface area contributed by atoms with E-state index in [1.807, 2.05) is 31.2 Å². The van der Waals surface area contributed by atoms with Crippen LogP contribution in [0.25, 0.3) is 0 Å². The van der Waals surface area contributed by atoms with Gasteiger partial charge in [0.1, 0.15) is 11.4 Å². The third-order valence-corrected chi connectivity index (χ3v) is 3.13. The van der Waals surface area contributed by atoms with Gasteiger partial charge in [0.2, 0.25) is 0 Å². The van der Waals surface area contributed by atoms with Gasteiger partial charge in [-0.15, -0.1) is 0 Å². The molecule has 0 spiro atoms. The molecular formula is C16H18N2O2. The second-order valence-electron chi connectivity index (χ2n) is 4.42. The fourth-order valence-electron chi connectivity index (χ4n) is 1.99. The molecule has 0 bridgehead atoms. The highest BCUT2D eigenvalue weighted by atomic mass is 16.5. The minimum atomic E-state index is -0.159. The zero-order chi connectivity index (χ0) is 14.4. The number of hydrogen-bond acceptors (Lipinski definition) is 3. The molecule has 1 N–H and O–H groups in total. The molecule has 4 heteroatoms. The van der Waals surface area contributed by atoms with Crippen LogP contribution in [0.2, 0.25) is 0 Å². The SMILES string of the molecule is CCC(NC(=O)c1ccccn1)c1ccc(OC)cc1. The van der Waals surface area contributed by atoms with Gasteiger partial charge in [0, 0.05) is 6.20 Å². The molecule has 1 amide bonds. The van der Waals surface area contributed by atoms with Crippen LogP contribution in [0.3, 0.4) is 0 Å². The Kier molecular flexibility index (Phi) is 4.71. The van der Waals surface area contributed by atoms with E-state index >= 15 is 0 Å². The molecule has 0 aliphatic rings. The second-order valence-corrected chi connectivity index (χ2v) is 4.42. The molecule has 1 atom stereocenters. The number of rotatable bonds is 5. The van der Waals surface area contributed by atoms with Crippen molar-refractivity contribution in [3.8, 4) is 5.75 Å². The van der Waals surface area contributed by atoms with Gasteiger partial charge < -0.3 is 10.1 Å². The molecule has 2 aromatic rings. The van der Waals surface area contributed by atoms with Crippen LogP contribution in [-0.4, -0.2) is 18.0 Å². The van der Waals surface area contributed by atoms with Crippen molar-refractivity contribution >= 4 is 5.91 Å². The van der Waals surface area contributed by atoms with Gasteiger partial charge in [-0.1, -0.05) is 25.1 Å². The summed E-state index contributed by atoms with van der Waals surface area (Å²) in [5.74, 6) is 0.646. The first-order chi connectivity index (χ1) is 9.74. The zero-order valence-electron chi connectivity index (χ0n) is 11.7. The second kappa shape index (κ2) is 6.70. The van der Waals surface area contributed by atoms with E-state index in [9.17, 15) is 4.79 Å². The molecule has 1 aromatic carbocycles. The number of benzene rings is 1. The normalized spacial score (nSPS) is 11.7. The highest BCUT2D eigenvalue weighted by Gasteiger charge is 2.14. The van der Waals surface area contributed by atoms with Crippen molar-refractivity contribution in [2.75, 3.05) is 7.11 Å². The maximum Gasteiger partial charge on any atom is 0.270 e. The van der Waals surface area contributed by atoms with Crippen LogP contribution in [0.5, 0.6) is 5.75 Å². The van der Waals surface area contributed by atoms with Crippen molar-refractivity contribution in [3.63, 3.8) is 0 Å². The summed E-state index contributed by atoms with van der Waals surface area (Å²) in [6, 6.07) is 13.0. The summed E-state index contributed by atoms with van der Waals surface area (Å²) < 4.78 is 5.14. The number of ether oxygens (including phenoxy) is 1. The van der Waals surface area contributed by atoms with Gasteiger partial charge in [-0.05, 0) is 36.2 Å². The number of carbonyl (C=O) groups is 1. The van der Waals surface area contributed by atoms with Crippen molar-refractivity contribution in [3.05, 3.63) is 59.9 Å². The lowest BCUT2D eigenvalue weighted by Gasteiger charge is -2.17. The van der Waals surface area contributed by atoms with Crippen molar-refractivity contribution < 1.29 is 9.53 Å². The van der Waals surface area contributed by atoms with Crippen molar-refractivity contribution in [1.29, 1.82) is 0 Å². The van der Waals surface area contributed by atoms with Crippen LogP contribution in [0.1, 0.15) is 35.4 Å². The van der Waals surface area contributed by atoms with Crippen molar-refractivity contribution in [1.82, 2.24) is 10.3 Å². The maximum atomic E-state index is 12.1. The Labute approximate surface area is 118 Å². The smallest absolute Gasteiger partial charge is 0.270 e. The summed E-state index contributed by atoms with van der Waals surface area (Å²) in [6.45, 7) is 2.04. The van der Waals surface area contributed by atoms with Crippen LogP contribution in [0, 0.1) is 0 Å². The summed E-state index contributed by atoms with van der Waals surface area (Å²) >= 11 is 0. The fraction of sp³-hybridized carbons (Fsp3) is 0.250. The van der Waals surface area contributed by atoms with Crippen LogP contribution in [0.15, 0.2) is 48.7 Å². The summed E-state index contributed by atoms with van der Waals surface area (Å²) in [5.41, 5.74) is 1.48. The minimum absolute atomic E-state index is 0.0320. The average molecular weight is 270 g/mol. The highest BCUT2D eigenvalue weighted by molar-refractivity contribution is 5.92. The average Bonchev–Trinajstić information content (AvgIpc) is 2.53. The first-order valence-electron chi connectivity index (χ1n) is 6.60. The largest absolute Gasteiger partial charge is 0.497 e. The van der Waals surface area contributed by atoms with Gasteiger partial charge in [0.25, 0.3) is 5.91 Å². The first kappa shape index (κ1) is 14.1. The van der Waals surface area contributed by atoms with Crippen LogP contribution >= 0.6 is 0 Å². The number of carbonyl (C=O) groups excluding carboxylic acids is 1. The molecule has 0 fully saturated rings. The van der Waals surface area contributed by atoms with E-state index in [0.29, 0.717) is 5.69 Å². The van der Waals surface area contributed by atoms with E-state index in [1.54, 1.807) is 31.5 Å². The molecule has 0 radical (unpaired) electrons. The number of nitrogens with one attached hydrogen (secondary N) is 1. The highest BCUT2D eigenvalue weighted by Crippen LogP contribution is 2.20. The van der Waals surface area contributed by atoms with Gasteiger partial charge in [0.05, 0.1) is 13.2 Å². The lowest BCUT2D eigenvalue weighted by Crippen LogP contribution is -2.28. The molecule has 1 aromatic heterocycles. The molecule has 4 nitrogen and oxygen atoms in total. The van der Waals surface area contributed by atoms with Gasteiger partial charge >= 0.3 is 0 Å². The number of nitrogens with zero attached hydrogens (tertiary/aromatic N) is 1. The van der Waals surface area contributed by atoms with Crippen LogP contribution < -0.4 is 10.1 Å². The van der Waals surface area contributed by atoms with E-state index < -0.39 is 0 Å². The number of methoxy groups -OCH3 is 1. The number of pyridine rings is 1. The van der Waals surface area contributed by atoms with E-state index in [4.69, 9.17) is 4.74 Å². The summed E-state index contributed by atoms with van der Waals surface area (Å²) in [6.07, 6.45) is 2.42. The number of amides is 1. The monoisotopic (exact) mass is 270 g/mol. The molecule has 1 heterocycles. The lowest BCUT2D eigenvalue weighted by atomic mass is 10.0. The Morgan fingerprint density at radius 3 is 2.55 bits per heavy atom. The van der Waals surface area contributed by atoms with Gasteiger partial charge in [-0.3, -0.25) is 9.78 Å². The Morgan fingerprint density at radius 1 is 1.25 bits per heavy atom. The zero-order valence-corrected chi connectivity index (χ0v) is 11.7. The molecule has 0 aliphatic heterocycles. The van der Waals surface area contributed by atoms with Crippen LogP contribution in [0.4, 0.5) is 0 Å². The molecule has 104 valence electrons. The molecular weight excluding hydrogens is 252 g/mol. The molecule has 1 unspecified atom stereocenters. The van der Waals surface area contributed by atoms with Crippen LogP contribution in [-0.2, 0) is 0 Å². The predicted molar refractivity (Wildman–Crippen MR) is 77.7 cm³/mol. The Hall–Kier alpha value is -2.36. The minimum Gasteiger partial charge on any atom is -0.497 e. The van der Waals surface area contributed by atoms with E-state index in [2.05, 4.69) is 10.3 Å². The van der Waals surface area contributed by atoms with Gasteiger partial charge in [-0.2, -0.15) is 0 Å². The summed E-state index contributed by atoms with van der Waals surface area (Å²) in [4.78, 5) is 16.2. The third kappa shape index (κ3) is 3.35. The van der Waals surface area contributed by atoms with E-state index in [-0.39, 0.29) is 11.9 Å². The first-order valence-corrected chi connectivity index (χ1v) is 6.60. The summed E-state index contributed by atoms with van der Waals surface area (Å²) in [7, 11) is 1.63. The van der Waals surface area contributed by atoms with E-state index in [1.165, 1.54) is 0 Å². The molecule has 2 rings (SSSR count). The number of aromatic nitrogens is 1. The Morgan fingerprint density at radius 2 is 2.00 bits per heavy atom. The molecule has 20 heavy (non-hydrogen) atoms. The predicted octanol–water partition coefficient (Wildman–Crippen LogP) is 2.97. The fourth-order valence-corrected chi connectivity index (χ4v) is 1.99. The Bertz CT molecular complexity index is 552. The third-order valence-electron chi connectivity index (χ3n) is 3.13. The number of hydrogen-bond donors (Lipinski definition) is 1. The maximum absolute atomic E-state index is 12.1. The standard InChI is InChI=1S/C16H18N2O2/c1-3-14(12-7-9-13(20-2)10-8-12)18-16(19)15-6-4-5-11-17-15/h4-11,14H,3H2,1-2H3,(H,18,19). The molecule has 0 saturated carbocycles. The molecule has 0 aliphatic carbocycles. The van der Waals surface area contributed by atoms with Crippen molar-refractivity contribution in [2.24, 2.45) is 0 Å².